The maximum atomic E-state index is 11.0. The largest absolute Gasteiger partial charge is 0.481 e. The minimum Gasteiger partial charge on any atom is -0.481 e. The number of carboxylic acid groups (broad SMARTS) is 1. The average Bonchev–Trinajstić information content (AvgIpc) is 2.46. The standard InChI is InChI=1S/C13H23NO2/c1-9(2)5-6-14-11-3-4-12(14)8-10(7-11)13(15)16/h9-12H,3-8H2,1-2H3,(H,15,16). The smallest absolute Gasteiger partial charge is 0.306 e. The van der Waals surface area contributed by atoms with Gasteiger partial charge >= 0.3 is 5.97 Å². The van der Waals surface area contributed by atoms with E-state index in [2.05, 4.69) is 18.7 Å². The van der Waals surface area contributed by atoms with Crippen LogP contribution in [0.3, 0.4) is 0 Å². The van der Waals surface area contributed by atoms with Gasteiger partial charge in [-0.15, -0.1) is 0 Å². The maximum Gasteiger partial charge on any atom is 0.306 e. The van der Waals surface area contributed by atoms with Crippen LogP contribution in [0.15, 0.2) is 0 Å². The van der Waals surface area contributed by atoms with Crippen LogP contribution in [0.2, 0.25) is 0 Å². The highest BCUT2D eigenvalue weighted by molar-refractivity contribution is 5.70. The van der Waals surface area contributed by atoms with Crippen LogP contribution in [0.5, 0.6) is 0 Å². The molecule has 0 spiro atoms. The molecule has 2 saturated heterocycles. The molecule has 0 aromatic carbocycles. The van der Waals surface area contributed by atoms with Crippen LogP contribution < -0.4 is 0 Å². The third kappa shape index (κ3) is 2.40. The molecule has 2 fully saturated rings. The SMILES string of the molecule is CC(C)CCN1C2CCC1CC(C(=O)O)C2. The molecule has 0 amide bonds. The number of piperidine rings is 1. The molecule has 2 aliphatic heterocycles. The number of fused-ring (bicyclic) bond motifs is 2. The van der Waals surface area contributed by atoms with Crippen molar-refractivity contribution in [2.45, 2.75) is 58.0 Å². The molecule has 0 aromatic heterocycles. The highest BCUT2D eigenvalue weighted by atomic mass is 16.4. The molecular formula is C13H23NO2. The summed E-state index contributed by atoms with van der Waals surface area (Å²) in [5.74, 6) is 0.0878. The minimum atomic E-state index is -0.583. The number of aliphatic carboxylic acids is 1. The summed E-state index contributed by atoms with van der Waals surface area (Å²) in [5.41, 5.74) is 0. The van der Waals surface area contributed by atoms with E-state index in [0.29, 0.717) is 12.1 Å². The summed E-state index contributed by atoms with van der Waals surface area (Å²) in [7, 11) is 0. The van der Waals surface area contributed by atoms with E-state index >= 15 is 0 Å². The first-order chi connectivity index (χ1) is 7.58. The van der Waals surface area contributed by atoms with E-state index in [1.165, 1.54) is 25.8 Å². The van der Waals surface area contributed by atoms with Gasteiger partial charge in [0.05, 0.1) is 5.92 Å². The lowest BCUT2D eigenvalue weighted by Gasteiger charge is -2.37. The molecule has 1 N–H and O–H groups in total. The van der Waals surface area contributed by atoms with Crippen molar-refractivity contribution < 1.29 is 9.90 Å². The van der Waals surface area contributed by atoms with Gasteiger partial charge < -0.3 is 5.11 Å². The van der Waals surface area contributed by atoms with Crippen molar-refractivity contribution in [3.8, 4) is 0 Å². The van der Waals surface area contributed by atoms with Gasteiger partial charge in [0.15, 0.2) is 0 Å². The third-order valence-corrected chi connectivity index (χ3v) is 4.20. The number of hydrogen-bond donors (Lipinski definition) is 1. The molecule has 2 aliphatic rings. The summed E-state index contributed by atoms with van der Waals surface area (Å²) >= 11 is 0. The van der Waals surface area contributed by atoms with Crippen LogP contribution in [0.25, 0.3) is 0 Å². The van der Waals surface area contributed by atoms with E-state index in [-0.39, 0.29) is 5.92 Å². The molecule has 2 unspecified atom stereocenters. The Hall–Kier alpha value is -0.570. The lowest BCUT2D eigenvalue weighted by molar-refractivity contribution is -0.144. The Balaban J connectivity index is 1.92. The monoisotopic (exact) mass is 225 g/mol. The van der Waals surface area contributed by atoms with Gasteiger partial charge in [0, 0.05) is 12.1 Å². The molecule has 16 heavy (non-hydrogen) atoms. The third-order valence-electron chi connectivity index (χ3n) is 4.20. The lowest BCUT2D eigenvalue weighted by Crippen LogP contribution is -2.45. The van der Waals surface area contributed by atoms with Gasteiger partial charge in [0.1, 0.15) is 0 Å². The Kier molecular flexibility index (Phi) is 3.53. The molecule has 92 valence electrons. The summed E-state index contributed by atoms with van der Waals surface area (Å²) in [5, 5.41) is 9.09. The Labute approximate surface area is 97.8 Å². The molecule has 0 radical (unpaired) electrons. The number of hydrogen-bond acceptors (Lipinski definition) is 2. The fourth-order valence-electron chi connectivity index (χ4n) is 3.25. The van der Waals surface area contributed by atoms with E-state index < -0.39 is 5.97 Å². The van der Waals surface area contributed by atoms with Gasteiger partial charge in [0.2, 0.25) is 0 Å². The van der Waals surface area contributed by atoms with Gasteiger partial charge in [-0.05, 0) is 44.6 Å². The van der Waals surface area contributed by atoms with Crippen molar-refractivity contribution in [3.63, 3.8) is 0 Å². The van der Waals surface area contributed by atoms with Crippen molar-refractivity contribution in [1.82, 2.24) is 4.90 Å². The van der Waals surface area contributed by atoms with E-state index in [4.69, 9.17) is 5.11 Å². The van der Waals surface area contributed by atoms with Gasteiger partial charge in [-0.1, -0.05) is 13.8 Å². The number of carbonyl (C=O) groups is 1. The minimum absolute atomic E-state index is 0.0761. The highest BCUT2D eigenvalue weighted by Gasteiger charge is 2.42. The highest BCUT2D eigenvalue weighted by Crippen LogP contribution is 2.38. The topological polar surface area (TPSA) is 40.5 Å². The predicted octanol–water partition coefficient (Wildman–Crippen LogP) is 2.36. The second kappa shape index (κ2) is 4.74. The van der Waals surface area contributed by atoms with Crippen molar-refractivity contribution in [2.75, 3.05) is 6.54 Å². The zero-order chi connectivity index (χ0) is 11.7. The summed E-state index contributed by atoms with van der Waals surface area (Å²) in [6, 6.07) is 1.11. The van der Waals surface area contributed by atoms with Gasteiger partial charge in [-0.2, -0.15) is 0 Å². The van der Waals surface area contributed by atoms with E-state index in [1.54, 1.807) is 0 Å². The lowest BCUT2D eigenvalue weighted by atomic mass is 9.90. The second-order valence-electron chi connectivity index (χ2n) is 5.81. The molecule has 0 aliphatic carbocycles. The predicted molar refractivity (Wildman–Crippen MR) is 63.3 cm³/mol. The summed E-state index contributed by atoms with van der Waals surface area (Å²) in [6.07, 6.45) is 5.43. The van der Waals surface area contributed by atoms with Crippen LogP contribution in [-0.4, -0.2) is 34.6 Å². The molecule has 2 atom stereocenters. The molecule has 0 saturated carbocycles. The molecule has 3 heteroatoms. The Bertz CT molecular complexity index is 251. The Morgan fingerprint density at radius 2 is 1.88 bits per heavy atom. The normalized spacial score (nSPS) is 34.6. The van der Waals surface area contributed by atoms with Crippen LogP contribution in [-0.2, 0) is 4.79 Å². The first kappa shape index (κ1) is 11.9. The van der Waals surface area contributed by atoms with E-state index in [9.17, 15) is 4.79 Å². The fraction of sp³-hybridized carbons (Fsp3) is 0.923. The molecule has 0 aromatic rings. The van der Waals surface area contributed by atoms with Gasteiger partial charge in [-0.3, -0.25) is 9.69 Å². The van der Waals surface area contributed by atoms with Crippen LogP contribution in [0, 0.1) is 11.8 Å². The first-order valence-electron chi connectivity index (χ1n) is 6.56. The Morgan fingerprint density at radius 3 is 2.31 bits per heavy atom. The van der Waals surface area contributed by atoms with Crippen molar-refractivity contribution in [3.05, 3.63) is 0 Å². The number of rotatable bonds is 4. The van der Waals surface area contributed by atoms with Crippen LogP contribution >= 0.6 is 0 Å². The molecular weight excluding hydrogens is 202 g/mol. The maximum absolute atomic E-state index is 11.0. The average molecular weight is 225 g/mol. The van der Waals surface area contributed by atoms with Crippen molar-refractivity contribution in [1.29, 1.82) is 0 Å². The van der Waals surface area contributed by atoms with Gasteiger partial charge in [-0.25, -0.2) is 0 Å². The van der Waals surface area contributed by atoms with Crippen molar-refractivity contribution >= 4 is 5.97 Å². The Morgan fingerprint density at radius 1 is 1.31 bits per heavy atom. The summed E-state index contributed by atoms with van der Waals surface area (Å²) < 4.78 is 0. The van der Waals surface area contributed by atoms with Crippen LogP contribution in [0.4, 0.5) is 0 Å². The first-order valence-corrected chi connectivity index (χ1v) is 6.56. The summed E-state index contributed by atoms with van der Waals surface area (Å²) in [4.78, 5) is 13.6. The van der Waals surface area contributed by atoms with Gasteiger partial charge in [0.25, 0.3) is 0 Å². The number of nitrogens with zero attached hydrogens (tertiary/aromatic N) is 1. The molecule has 3 nitrogen and oxygen atoms in total. The number of carboxylic acids is 1. The van der Waals surface area contributed by atoms with E-state index in [0.717, 1.165) is 18.8 Å². The van der Waals surface area contributed by atoms with E-state index in [1.807, 2.05) is 0 Å². The zero-order valence-corrected chi connectivity index (χ0v) is 10.4. The quantitative estimate of drug-likeness (QED) is 0.798. The zero-order valence-electron chi connectivity index (χ0n) is 10.4. The fourth-order valence-corrected chi connectivity index (χ4v) is 3.25. The van der Waals surface area contributed by atoms with Crippen molar-refractivity contribution in [2.24, 2.45) is 11.8 Å². The second-order valence-corrected chi connectivity index (χ2v) is 5.81. The van der Waals surface area contributed by atoms with Crippen LogP contribution in [0.1, 0.15) is 46.0 Å². The summed E-state index contributed by atoms with van der Waals surface area (Å²) in [6.45, 7) is 5.68. The molecule has 2 bridgehead atoms. The molecule has 2 rings (SSSR count). The molecule has 2 heterocycles.